The van der Waals surface area contributed by atoms with Crippen LogP contribution < -0.4 is 5.73 Å². The largest absolute Gasteiger partial charge is 0.416 e. The van der Waals surface area contributed by atoms with E-state index in [0.717, 1.165) is 30.9 Å². The molecular weight excluding hydrogens is 289 g/mol. The summed E-state index contributed by atoms with van der Waals surface area (Å²) in [6.07, 6.45) is 1.59. The molecule has 0 radical (unpaired) electrons. The van der Waals surface area contributed by atoms with Crippen LogP contribution >= 0.6 is 0 Å². The molecular formula is C17H17F3N2. The molecule has 1 heterocycles. The number of hydrogen-bond donors (Lipinski definition) is 1. The van der Waals surface area contributed by atoms with Crippen LogP contribution in [-0.4, -0.2) is 4.98 Å². The molecule has 2 nitrogen and oxygen atoms in total. The van der Waals surface area contributed by atoms with E-state index in [9.17, 15) is 13.2 Å². The van der Waals surface area contributed by atoms with Gasteiger partial charge in [0.15, 0.2) is 0 Å². The molecule has 3 rings (SSSR count). The Morgan fingerprint density at radius 2 is 1.91 bits per heavy atom. The lowest BCUT2D eigenvalue weighted by atomic mass is 9.59. The van der Waals surface area contributed by atoms with Gasteiger partial charge in [-0.2, -0.15) is 13.2 Å². The average molecular weight is 306 g/mol. The van der Waals surface area contributed by atoms with Gasteiger partial charge in [-0.15, -0.1) is 0 Å². The lowest BCUT2D eigenvalue weighted by Gasteiger charge is -2.47. The molecule has 1 aliphatic rings. The lowest BCUT2D eigenvalue weighted by molar-refractivity contribution is -0.137. The number of aromatic nitrogens is 1. The molecule has 0 spiro atoms. The predicted octanol–water partition coefficient (Wildman–Crippen LogP) is 4.22. The third kappa shape index (κ3) is 2.50. The summed E-state index contributed by atoms with van der Waals surface area (Å²) in [6, 6.07) is 8.90. The molecule has 22 heavy (non-hydrogen) atoms. The smallest absolute Gasteiger partial charge is 0.323 e. The highest BCUT2D eigenvalue weighted by molar-refractivity contribution is 5.37. The van der Waals surface area contributed by atoms with Gasteiger partial charge in [0, 0.05) is 23.9 Å². The van der Waals surface area contributed by atoms with Crippen LogP contribution in [0.25, 0.3) is 0 Å². The maximum atomic E-state index is 13.0. The zero-order valence-electron chi connectivity index (χ0n) is 12.0. The first kappa shape index (κ1) is 15.0. The number of pyridine rings is 1. The Morgan fingerprint density at radius 3 is 2.45 bits per heavy atom. The Labute approximate surface area is 127 Å². The van der Waals surface area contributed by atoms with Crippen LogP contribution in [0.3, 0.4) is 0 Å². The Bertz CT molecular complexity index is 648. The van der Waals surface area contributed by atoms with Gasteiger partial charge in [-0.05, 0) is 36.1 Å². The number of alkyl halides is 3. The highest BCUT2D eigenvalue weighted by atomic mass is 19.4. The summed E-state index contributed by atoms with van der Waals surface area (Å²) >= 11 is 0. The molecule has 1 saturated carbocycles. The maximum absolute atomic E-state index is 13.0. The van der Waals surface area contributed by atoms with Crippen molar-refractivity contribution in [1.29, 1.82) is 0 Å². The third-order valence-electron chi connectivity index (χ3n) is 4.65. The molecule has 2 aromatic rings. The zero-order valence-corrected chi connectivity index (χ0v) is 12.0. The zero-order chi connectivity index (χ0) is 15.8. The van der Waals surface area contributed by atoms with Gasteiger partial charge in [-0.3, -0.25) is 4.98 Å². The van der Waals surface area contributed by atoms with E-state index in [2.05, 4.69) is 4.98 Å². The van der Waals surface area contributed by atoms with Crippen molar-refractivity contribution >= 4 is 0 Å². The highest BCUT2D eigenvalue weighted by Crippen LogP contribution is 2.51. The second-order valence-electron chi connectivity index (χ2n) is 5.85. The summed E-state index contributed by atoms with van der Waals surface area (Å²) in [5, 5.41) is 0. The topological polar surface area (TPSA) is 38.9 Å². The lowest BCUT2D eigenvalue weighted by Crippen LogP contribution is -2.44. The quantitative estimate of drug-likeness (QED) is 0.922. The van der Waals surface area contributed by atoms with Crippen molar-refractivity contribution in [3.63, 3.8) is 0 Å². The van der Waals surface area contributed by atoms with E-state index in [1.807, 2.05) is 6.07 Å². The van der Waals surface area contributed by atoms with Crippen LogP contribution in [0.4, 0.5) is 13.2 Å². The summed E-state index contributed by atoms with van der Waals surface area (Å²) in [5.74, 6) is 0. The number of hydrogen-bond acceptors (Lipinski definition) is 2. The average Bonchev–Trinajstić information content (AvgIpc) is 2.46. The van der Waals surface area contributed by atoms with Gasteiger partial charge < -0.3 is 5.73 Å². The van der Waals surface area contributed by atoms with E-state index in [1.165, 1.54) is 12.1 Å². The molecule has 2 N–H and O–H groups in total. The molecule has 0 bridgehead atoms. The van der Waals surface area contributed by atoms with Gasteiger partial charge >= 0.3 is 6.18 Å². The standard InChI is InChI=1S/C17H17F3N2/c18-17(19,20)14-6-1-5-13(10-14)16(7-3-8-16)15(21)12-4-2-9-22-11-12/h1-2,4-6,9-11,15H,3,7-8,21H2. The van der Waals surface area contributed by atoms with E-state index < -0.39 is 17.2 Å². The fourth-order valence-electron chi connectivity index (χ4n) is 3.22. The molecule has 0 amide bonds. The summed E-state index contributed by atoms with van der Waals surface area (Å²) in [7, 11) is 0. The van der Waals surface area contributed by atoms with Gasteiger partial charge in [0.25, 0.3) is 0 Å². The summed E-state index contributed by atoms with van der Waals surface area (Å²) < 4.78 is 38.9. The molecule has 1 unspecified atom stereocenters. The predicted molar refractivity (Wildman–Crippen MR) is 78.1 cm³/mol. The Kier molecular flexibility index (Phi) is 3.68. The van der Waals surface area contributed by atoms with Gasteiger partial charge in [-0.1, -0.05) is 30.7 Å². The number of nitrogens with zero attached hydrogens (tertiary/aromatic N) is 1. The minimum atomic E-state index is -4.33. The Balaban J connectivity index is 2.00. The van der Waals surface area contributed by atoms with Crippen LogP contribution in [0.2, 0.25) is 0 Å². The number of benzene rings is 1. The summed E-state index contributed by atoms with van der Waals surface area (Å²) in [6.45, 7) is 0. The summed E-state index contributed by atoms with van der Waals surface area (Å²) in [4.78, 5) is 4.07. The molecule has 1 atom stereocenters. The van der Waals surface area contributed by atoms with Crippen molar-refractivity contribution in [1.82, 2.24) is 4.98 Å². The van der Waals surface area contributed by atoms with Gasteiger partial charge in [-0.25, -0.2) is 0 Å². The van der Waals surface area contributed by atoms with Crippen LogP contribution in [-0.2, 0) is 11.6 Å². The van der Waals surface area contributed by atoms with E-state index in [0.29, 0.717) is 5.56 Å². The second-order valence-corrected chi connectivity index (χ2v) is 5.85. The molecule has 5 heteroatoms. The SMILES string of the molecule is NC(c1cccnc1)C1(c2cccc(C(F)(F)F)c2)CCC1. The molecule has 1 fully saturated rings. The number of halogens is 3. The van der Waals surface area contributed by atoms with Crippen LogP contribution in [0.1, 0.15) is 42.0 Å². The van der Waals surface area contributed by atoms with Gasteiger partial charge in [0.2, 0.25) is 0 Å². The van der Waals surface area contributed by atoms with Crippen LogP contribution in [0.15, 0.2) is 48.8 Å². The fraction of sp³-hybridized carbons (Fsp3) is 0.353. The minimum Gasteiger partial charge on any atom is -0.323 e. The third-order valence-corrected chi connectivity index (χ3v) is 4.65. The van der Waals surface area contributed by atoms with Gasteiger partial charge in [0.05, 0.1) is 5.56 Å². The first-order valence-electron chi connectivity index (χ1n) is 7.27. The first-order valence-corrected chi connectivity index (χ1v) is 7.27. The maximum Gasteiger partial charge on any atom is 0.416 e. The van der Waals surface area contributed by atoms with Crippen molar-refractivity contribution in [2.24, 2.45) is 5.73 Å². The van der Waals surface area contributed by atoms with Crippen molar-refractivity contribution < 1.29 is 13.2 Å². The molecule has 1 aliphatic carbocycles. The molecule has 0 aliphatic heterocycles. The Hall–Kier alpha value is -1.88. The van der Waals surface area contributed by atoms with E-state index in [-0.39, 0.29) is 6.04 Å². The van der Waals surface area contributed by atoms with Crippen molar-refractivity contribution in [3.05, 3.63) is 65.5 Å². The highest BCUT2D eigenvalue weighted by Gasteiger charge is 2.45. The van der Waals surface area contributed by atoms with E-state index in [4.69, 9.17) is 5.73 Å². The van der Waals surface area contributed by atoms with Crippen LogP contribution in [0.5, 0.6) is 0 Å². The first-order chi connectivity index (χ1) is 10.4. The second kappa shape index (κ2) is 5.39. The van der Waals surface area contributed by atoms with Crippen molar-refractivity contribution in [2.45, 2.75) is 36.9 Å². The van der Waals surface area contributed by atoms with E-state index in [1.54, 1.807) is 24.5 Å². The molecule has 1 aromatic carbocycles. The number of rotatable bonds is 3. The minimum absolute atomic E-state index is 0.349. The molecule has 0 saturated heterocycles. The van der Waals surface area contributed by atoms with E-state index >= 15 is 0 Å². The van der Waals surface area contributed by atoms with Crippen molar-refractivity contribution in [3.8, 4) is 0 Å². The van der Waals surface area contributed by atoms with Crippen molar-refractivity contribution in [2.75, 3.05) is 0 Å². The van der Waals surface area contributed by atoms with Crippen LogP contribution in [0, 0.1) is 0 Å². The summed E-state index contributed by atoms with van der Waals surface area (Å²) in [5.41, 5.74) is 6.89. The van der Waals surface area contributed by atoms with Gasteiger partial charge in [0.1, 0.15) is 0 Å². The Morgan fingerprint density at radius 1 is 1.14 bits per heavy atom. The monoisotopic (exact) mass is 306 g/mol. The normalized spacial score (nSPS) is 18.5. The molecule has 1 aromatic heterocycles. The fourth-order valence-corrected chi connectivity index (χ4v) is 3.22. The number of nitrogens with two attached hydrogens (primary N) is 1. The molecule has 116 valence electrons.